The standard InChI is InChI=1S/C8H8BFO/c1-11-8-3-2-6(5-9)4-7(8)10/h2-4H,5H2,1H3. The van der Waals surface area contributed by atoms with Gasteiger partial charge in [0.1, 0.15) is 0 Å². The van der Waals surface area contributed by atoms with Gasteiger partial charge in [0.15, 0.2) is 11.6 Å². The van der Waals surface area contributed by atoms with Gasteiger partial charge < -0.3 is 4.74 Å². The van der Waals surface area contributed by atoms with Gasteiger partial charge in [-0.15, -0.1) is 0 Å². The molecule has 0 saturated carbocycles. The van der Waals surface area contributed by atoms with E-state index in [1.54, 1.807) is 12.1 Å². The molecule has 0 saturated heterocycles. The first-order valence-corrected chi connectivity index (χ1v) is 3.30. The molecule has 0 aliphatic carbocycles. The molecule has 0 amide bonds. The minimum Gasteiger partial charge on any atom is -0.494 e. The molecule has 1 rings (SSSR count). The molecule has 11 heavy (non-hydrogen) atoms. The predicted octanol–water partition coefficient (Wildman–Crippen LogP) is 1.50. The van der Waals surface area contributed by atoms with Crippen LogP contribution in [0.15, 0.2) is 18.2 Å². The molecule has 0 aliphatic heterocycles. The summed E-state index contributed by atoms with van der Waals surface area (Å²) >= 11 is 0. The summed E-state index contributed by atoms with van der Waals surface area (Å²) in [5.74, 6) is -0.113. The van der Waals surface area contributed by atoms with Crippen molar-refractivity contribution in [2.45, 2.75) is 6.32 Å². The van der Waals surface area contributed by atoms with Crippen LogP contribution in [-0.2, 0) is 6.32 Å². The fourth-order valence-electron chi connectivity index (χ4n) is 0.837. The highest BCUT2D eigenvalue weighted by atomic mass is 19.1. The van der Waals surface area contributed by atoms with Gasteiger partial charge in [0.05, 0.1) is 15.0 Å². The Kier molecular flexibility index (Phi) is 2.52. The minimum absolute atomic E-state index is 0.252. The molecule has 0 aromatic heterocycles. The number of hydrogen-bond acceptors (Lipinski definition) is 1. The summed E-state index contributed by atoms with van der Waals surface area (Å²) in [4.78, 5) is 0. The van der Waals surface area contributed by atoms with Crippen molar-refractivity contribution in [2.24, 2.45) is 0 Å². The van der Waals surface area contributed by atoms with Gasteiger partial charge in [-0.05, 0) is 12.1 Å². The van der Waals surface area contributed by atoms with E-state index in [-0.39, 0.29) is 11.6 Å². The monoisotopic (exact) mass is 150 g/mol. The summed E-state index contributed by atoms with van der Waals surface area (Å²) in [6, 6.07) is 4.68. The van der Waals surface area contributed by atoms with Crippen molar-refractivity contribution in [1.82, 2.24) is 0 Å². The molecule has 2 radical (unpaired) electrons. The average molecular weight is 150 g/mol. The molecular weight excluding hydrogens is 142 g/mol. The normalized spacial score (nSPS) is 9.64. The van der Waals surface area contributed by atoms with Crippen LogP contribution in [0.25, 0.3) is 0 Å². The first kappa shape index (κ1) is 8.11. The Morgan fingerprint density at radius 1 is 1.55 bits per heavy atom. The number of halogens is 1. The lowest BCUT2D eigenvalue weighted by Gasteiger charge is -2.02. The van der Waals surface area contributed by atoms with Gasteiger partial charge in [0.2, 0.25) is 0 Å². The van der Waals surface area contributed by atoms with Crippen molar-refractivity contribution in [3.05, 3.63) is 29.6 Å². The first-order chi connectivity index (χ1) is 5.27. The first-order valence-electron chi connectivity index (χ1n) is 3.30. The molecule has 56 valence electrons. The molecule has 1 aromatic rings. The van der Waals surface area contributed by atoms with Gasteiger partial charge in [0, 0.05) is 0 Å². The predicted molar refractivity (Wildman–Crippen MR) is 42.4 cm³/mol. The second-order valence-corrected chi connectivity index (χ2v) is 2.17. The summed E-state index contributed by atoms with van der Waals surface area (Å²) in [6.45, 7) is 0. The third-order valence-corrected chi connectivity index (χ3v) is 1.45. The Hall–Kier alpha value is -0.985. The molecule has 0 N–H and O–H groups in total. The van der Waals surface area contributed by atoms with Gasteiger partial charge in [-0.25, -0.2) is 4.39 Å². The Labute approximate surface area is 66.6 Å². The van der Waals surface area contributed by atoms with Crippen molar-refractivity contribution < 1.29 is 9.13 Å². The van der Waals surface area contributed by atoms with E-state index in [1.807, 2.05) is 0 Å². The van der Waals surface area contributed by atoms with E-state index < -0.39 is 0 Å². The summed E-state index contributed by atoms with van der Waals surface area (Å²) in [7, 11) is 6.73. The van der Waals surface area contributed by atoms with Crippen molar-refractivity contribution >= 4 is 7.85 Å². The smallest absolute Gasteiger partial charge is 0.165 e. The highest BCUT2D eigenvalue weighted by Gasteiger charge is 2.00. The van der Waals surface area contributed by atoms with Crippen LogP contribution >= 0.6 is 0 Å². The third kappa shape index (κ3) is 1.73. The molecule has 3 heteroatoms. The fourth-order valence-corrected chi connectivity index (χ4v) is 0.837. The molecule has 0 bridgehead atoms. The van der Waals surface area contributed by atoms with Crippen molar-refractivity contribution in [2.75, 3.05) is 7.11 Å². The summed E-state index contributed by atoms with van der Waals surface area (Å²) in [5, 5.41) is 0. The average Bonchev–Trinajstić information content (AvgIpc) is 2.04. The van der Waals surface area contributed by atoms with E-state index in [1.165, 1.54) is 13.2 Å². The molecular formula is C8H8BFO. The lowest BCUT2D eigenvalue weighted by molar-refractivity contribution is 0.386. The number of methoxy groups -OCH3 is 1. The van der Waals surface area contributed by atoms with Crippen LogP contribution in [0.3, 0.4) is 0 Å². The quantitative estimate of drug-likeness (QED) is 0.580. The van der Waals surface area contributed by atoms with Gasteiger partial charge in [-0.2, -0.15) is 0 Å². The third-order valence-electron chi connectivity index (χ3n) is 1.45. The molecule has 0 aliphatic rings. The van der Waals surface area contributed by atoms with Gasteiger partial charge >= 0.3 is 0 Å². The highest BCUT2D eigenvalue weighted by Crippen LogP contribution is 2.17. The Balaban J connectivity index is 2.99. The van der Waals surface area contributed by atoms with Crippen LogP contribution in [0, 0.1) is 5.82 Å². The van der Waals surface area contributed by atoms with E-state index in [2.05, 4.69) is 0 Å². The molecule has 0 heterocycles. The minimum atomic E-state index is -0.365. The molecule has 0 unspecified atom stereocenters. The lowest BCUT2D eigenvalue weighted by Crippen LogP contribution is -1.90. The zero-order valence-corrected chi connectivity index (χ0v) is 6.30. The van der Waals surface area contributed by atoms with Crippen molar-refractivity contribution in [3.63, 3.8) is 0 Å². The molecule has 0 atom stereocenters. The van der Waals surface area contributed by atoms with Crippen LogP contribution in [0.4, 0.5) is 4.39 Å². The van der Waals surface area contributed by atoms with Crippen LogP contribution in [0.1, 0.15) is 5.56 Å². The van der Waals surface area contributed by atoms with Gasteiger partial charge in [-0.3, -0.25) is 0 Å². The Morgan fingerprint density at radius 2 is 2.27 bits per heavy atom. The Morgan fingerprint density at radius 3 is 2.73 bits per heavy atom. The molecule has 0 spiro atoms. The number of hydrogen-bond donors (Lipinski definition) is 0. The maximum Gasteiger partial charge on any atom is 0.165 e. The topological polar surface area (TPSA) is 9.23 Å². The maximum atomic E-state index is 12.9. The number of ether oxygens (including phenoxy) is 1. The van der Waals surface area contributed by atoms with Crippen LogP contribution in [0.5, 0.6) is 5.75 Å². The van der Waals surface area contributed by atoms with Crippen LogP contribution in [0.2, 0.25) is 0 Å². The van der Waals surface area contributed by atoms with E-state index >= 15 is 0 Å². The van der Waals surface area contributed by atoms with E-state index in [9.17, 15) is 4.39 Å². The number of rotatable bonds is 2. The van der Waals surface area contributed by atoms with Crippen LogP contribution in [-0.4, -0.2) is 15.0 Å². The zero-order chi connectivity index (χ0) is 8.27. The van der Waals surface area contributed by atoms with E-state index in [0.29, 0.717) is 6.32 Å². The summed E-state index contributed by atoms with van der Waals surface area (Å²) in [5.41, 5.74) is 0.767. The Bertz CT molecular complexity index is 250. The second-order valence-electron chi connectivity index (χ2n) is 2.17. The molecule has 1 nitrogen and oxygen atoms in total. The van der Waals surface area contributed by atoms with Crippen LogP contribution < -0.4 is 4.74 Å². The second kappa shape index (κ2) is 3.42. The fraction of sp³-hybridized carbons (Fsp3) is 0.250. The maximum absolute atomic E-state index is 12.9. The van der Waals surface area contributed by atoms with Gasteiger partial charge in [0.25, 0.3) is 0 Å². The highest BCUT2D eigenvalue weighted by molar-refractivity contribution is 6.08. The SMILES string of the molecule is [B]Cc1ccc(OC)c(F)c1. The lowest BCUT2D eigenvalue weighted by atomic mass is 9.97. The van der Waals surface area contributed by atoms with Gasteiger partial charge in [-0.1, -0.05) is 17.9 Å². The van der Waals surface area contributed by atoms with E-state index in [0.717, 1.165) is 5.56 Å². The summed E-state index contributed by atoms with van der Waals surface area (Å²) in [6.07, 6.45) is 0.348. The zero-order valence-electron chi connectivity index (χ0n) is 6.30. The molecule has 1 aromatic carbocycles. The number of benzene rings is 1. The van der Waals surface area contributed by atoms with Crippen molar-refractivity contribution in [3.8, 4) is 5.75 Å². The van der Waals surface area contributed by atoms with Crippen molar-refractivity contribution in [1.29, 1.82) is 0 Å². The molecule has 0 fully saturated rings. The van der Waals surface area contributed by atoms with E-state index in [4.69, 9.17) is 12.6 Å². The summed E-state index contributed by atoms with van der Waals surface area (Å²) < 4.78 is 17.6. The largest absolute Gasteiger partial charge is 0.494 e.